The molecule has 8 heteroatoms. The van der Waals surface area contributed by atoms with Crippen molar-refractivity contribution < 1.29 is 22.4 Å². The van der Waals surface area contributed by atoms with Crippen LogP contribution in [-0.2, 0) is 17.4 Å². The van der Waals surface area contributed by atoms with Gasteiger partial charge in [-0.15, -0.1) is 0 Å². The molecule has 0 bridgehead atoms. The highest BCUT2D eigenvalue weighted by atomic mass is 35.5. The van der Waals surface area contributed by atoms with Gasteiger partial charge in [-0.05, 0) is 42.3 Å². The van der Waals surface area contributed by atoms with Gasteiger partial charge in [0, 0.05) is 19.5 Å². The number of rotatable bonds is 7. The Labute approximate surface area is 153 Å². The molecule has 0 heterocycles. The quantitative estimate of drug-likeness (QED) is 0.677. The maximum Gasteiger partial charge on any atom is 0.416 e. The molecule has 140 valence electrons. The number of nitrogens with one attached hydrogen (secondary N) is 2. The Morgan fingerprint density at radius 3 is 2.38 bits per heavy atom. The van der Waals surface area contributed by atoms with Crippen molar-refractivity contribution in [1.29, 1.82) is 0 Å². The second-order valence-electron chi connectivity index (χ2n) is 5.60. The summed E-state index contributed by atoms with van der Waals surface area (Å²) in [6.07, 6.45) is -3.83. The van der Waals surface area contributed by atoms with E-state index in [1.807, 2.05) is 0 Å². The third kappa shape index (κ3) is 6.22. The Morgan fingerprint density at radius 1 is 1.04 bits per heavy atom. The summed E-state index contributed by atoms with van der Waals surface area (Å²) in [5.74, 6) is -0.570. The topological polar surface area (TPSA) is 41.1 Å². The van der Waals surface area contributed by atoms with E-state index in [9.17, 15) is 22.4 Å². The highest BCUT2D eigenvalue weighted by Crippen LogP contribution is 2.33. The average molecular weight is 389 g/mol. The van der Waals surface area contributed by atoms with Crippen LogP contribution in [0.5, 0.6) is 0 Å². The molecule has 0 aromatic heterocycles. The number of halogens is 5. The molecule has 2 N–H and O–H groups in total. The zero-order valence-corrected chi connectivity index (χ0v) is 14.4. The molecule has 2 aromatic rings. The Balaban J connectivity index is 1.75. The predicted octanol–water partition coefficient (Wildman–Crippen LogP) is 4.66. The lowest BCUT2D eigenvalue weighted by molar-refractivity contribution is -0.137. The smallest absolute Gasteiger partial charge is 0.383 e. The lowest BCUT2D eigenvalue weighted by atomic mass is 10.1. The molecule has 26 heavy (non-hydrogen) atoms. The van der Waals surface area contributed by atoms with Crippen LogP contribution in [0.4, 0.5) is 23.2 Å². The van der Waals surface area contributed by atoms with Crippen molar-refractivity contribution in [2.24, 2.45) is 0 Å². The molecule has 3 nitrogen and oxygen atoms in total. The molecule has 2 rings (SSSR count). The number of anilines is 1. The van der Waals surface area contributed by atoms with Crippen LogP contribution >= 0.6 is 11.6 Å². The molecular formula is C18H17ClF4N2O. The standard InChI is InChI=1S/C18H17ClF4N2O/c19-15-6-3-13(18(21,22)23)11-16(15)24-10-8-17(26)25-9-7-12-1-4-14(20)5-2-12/h1-6,11,24H,7-10H2,(H,25,26). The zero-order valence-electron chi connectivity index (χ0n) is 13.7. The number of hydrogen-bond acceptors (Lipinski definition) is 2. The lowest BCUT2D eigenvalue weighted by Crippen LogP contribution is -2.27. The molecule has 0 fully saturated rings. The molecule has 0 aliphatic rings. The predicted molar refractivity (Wildman–Crippen MR) is 92.7 cm³/mol. The van der Waals surface area contributed by atoms with Crippen molar-refractivity contribution in [3.8, 4) is 0 Å². The van der Waals surface area contributed by atoms with E-state index in [1.165, 1.54) is 12.1 Å². The van der Waals surface area contributed by atoms with Gasteiger partial charge in [-0.1, -0.05) is 23.7 Å². The summed E-state index contributed by atoms with van der Waals surface area (Å²) in [7, 11) is 0. The van der Waals surface area contributed by atoms with Gasteiger partial charge in [0.1, 0.15) is 5.82 Å². The SMILES string of the molecule is O=C(CCNc1cc(C(F)(F)F)ccc1Cl)NCCc1ccc(F)cc1. The summed E-state index contributed by atoms with van der Waals surface area (Å²) in [5.41, 5.74) is 0.203. The van der Waals surface area contributed by atoms with Crippen molar-refractivity contribution in [2.45, 2.75) is 19.0 Å². The summed E-state index contributed by atoms with van der Waals surface area (Å²) in [5, 5.41) is 5.58. The van der Waals surface area contributed by atoms with E-state index in [2.05, 4.69) is 10.6 Å². The summed E-state index contributed by atoms with van der Waals surface area (Å²) >= 11 is 5.87. The Hall–Kier alpha value is -2.28. The van der Waals surface area contributed by atoms with Crippen molar-refractivity contribution in [1.82, 2.24) is 5.32 Å². The summed E-state index contributed by atoms with van der Waals surface area (Å²) in [6, 6.07) is 8.94. The van der Waals surface area contributed by atoms with Gasteiger partial charge in [0.05, 0.1) is 16.3 Å². The van der Waals surface area contributed by atoms with E-state index in [0.29, 0.717) is 13.0 Å². The first-order valence-corrected chi connectivity index (χ1v) is 8.25. The van der Waals surface area contributed by atoms with E-state index in [0.717, 1.165) is 23.8 Å². The van der Waals surface area contributed by atoms with Crippen LogP contribution < -0.4 is 10.6 Å². The van der Waals surface area contributed by atoms with Crippen molar-refractivity contribution in [3.63, 3.8) is 0 Å². The first kappa shape index (κ1) is 20.0. The van der Waals surface area contributed by atoms with Crippen LogP contribution in [0.25, 0.3) is 0 Å². The molecular weight excluding hydrogens is 372 g/mol. The number of carbonyl (C=O) groups is 1. The van der Waals surface area contributed by atoms with Crippen LogP contribution in [0.3, 0.4) is 0 Å². The van der Waals surface area contributed by atoms with Gasteiger partial charge in [-0.3, -0.25) is 4.79 Å². The lowest BCUT2D eigenvalue weighted by Gasteiger charge is -2.12. The minimum Gasteiger partial charge on any atom is -0.383 e. The van der Waals surface area contributed by atoms with Gasteiger partial charge in [0.25, 0.3) is 0 Å². The fraction of sp³-hybridized carbons (Fsp3) is 0.278. The molecule has 0 saturated heterocycles. The average Bonchev–Trinajstić information content (AvgIpc) is 2.57. The summed E-state index contributed by atoms with van der Waals surface area (Å²) < 4.78 is 50.9. The minimum atomic E-state index is -4.46. The molecule has 0 spiro atoms. The van der Waals surface area contributed by atoms with Crippen LogP contribution in [0.2, 0.25) is 5.02 Å². The Kier molecular flexibility index (Phi) is 6.85. The monoisotopic (exact) mass is 388 g/mol. The van der Waals surface area contributed by atoms with E-state index < -0.39 is 11.7 Å². The maximum atomic E-state index is 12.8. The minimum absolute atomic E-state index is 0.0794. The van der Waals surface area contributed by atoms with E-state index in [4.69, 9.17) is 11.6 Å². The van der Waals surface area contributed by atoms with Crippen LogP contribution in [0.15, 0.2) is 42.5 Å². The second kappa shape index (κ2) is 8.89. The number of hydrogen-bond donors (Lipinski definition) is 2. The highest BCUT2D eigenvalue weighted by Gasteiger charge is 2.30. The van der Waals surface area contributed by atoms with Gasteiger partial charge in [0.2, 0.25) is 5.91 Å². The normalized spacial score (nSPS) is 11.3. The number of carbonyl (C=O) groups excluding carboxylic acids is 1. The number of amides is 1. The Morgan fingerprint density at radius 2 is 1.73 bits per heavy atom. The van der Waals surface area contributed by atoms with Gasteiger partial charge >= 0.3 is 6.18 Å². The van der Waals surface area contributed by atoms with E-state index in [-0.39, 0.29) is 35.4 Å². The molecule has 2 aromatic carbocycles. The first-order valence-electron chi connectivity index (χ1n) is 7.87. The van der Waals surface area contributed by atoms with Crippen LogP contribution in [0, 0.1) is 5.82 Å². The van der Waals surface area contributed by atoms with Crippen molar-refractivity contribution in [2.75, 3.05) is 18.4 Å². The summed E-state index contributed by atoms with van der Waals surface area (Å²) in [4.78, 5) is 11.8. The number of benzene rings is 2. The van der Waals surface area contributed by atoms with Crippen molar-refractivity contribution in [3.05, 3.63) is 64.4 Å². The third-order valence-corrected chi connectivity index (χ3v) is 3.94. The first-order chi connectivity index (χ1) is 12.3. The van der Waals surface area contributed by atoms with Crippen LogP contribution in [0.1, 0.15) is 17.5 Å². The molecule has 0 saturated carbocycles. The molecule has 1 amide bonds. The fourth-order valence-electron chi connectivity index (χ4n) is 2.23. The largest absolute Gasteiger partial charge is 0.416 e. The van der Waals surface area contributed by atoms with Gasteiger partial charge in [0.15, 0.2) is 0 Å². The molecule has 0 atom stereocenters. The van der Waals surface area contributed by atoms with E-state index >= 15 is 0 Å². The maximum absolute atomic E-state index is 12.8. The molecule has 0 aliphatic carbocycles. The van der Waals surface area contributed by atoms with E-state index in [1.54, 1.807) is 12.1 Å². The van der Waals surface area contributed by atoms with Gasteiger partial charge in [-0.2, -0.15) is 13.2 Å². The zero-order chi connectivity index (χ0) is 19.2. The number of alkyl halides is 3. The molecule has 0 unspecified atom stereocenters. The fourth-order valence-corrected chi connectivity index (χ4v) is 2.42. The molecule has 0 aliphatic heterocycles. The van der Waals surface area contributed by atoms with Crippen LogP contribution in [-0.4, -0.2) is 19.0 Å². The van der Waals surface area contributed by atoms with Gasteiger partial charge < -0.3 is 10.6 Å². The van der Waals surface area contributed by atoms with Gasteiger partial charge in [-0.25, -0.2) is 4.39 Å². The Bertz CT molecular complexity index is 748. The summed E-state index contributed by atoms with van der Waals surface area (Å²) in [6.45, 7) is 0.526. The second-order valence-corrected chi connectivity index (χ2v) is 6.00. The highest BCUT2D eigenvalue weighted by molar-refractivity contribution is 6.33. The molecule has 0 radical (unpaired) electrons. The van der Waals surface area contributed by atoms with Crippen molar-refractivity contribution >= 4 is 23.2 Å². The third-order valence-electron chi connectivity index (χ3n) is 3.61.